The molecule has 0 unspecified atom stereocenters. The van der Waals surface area contributed by atoms with Gasteiger partial charge in [0.15, 0.2) is 0 Å². The molecule has 0 aliphatic heterocycles. The first kappa shape index (κ1) is 11.0. The number of fused-ring (bicyclic) bond motifs is 1. The van der Waals surface area contributed by atoms with Crippen LogP contribution in [0.3, 0.4) is 0 Å². The van der Waals surface area contributed by atoms with E-state index in [1.165, 1.54) is 0 Å². The quantitative estimate of drug-likeness (QED) is 0.670. The monoisotopic (exact) mass is 257 g/mol. The van der Waals surface area contributed by atoms with Gasteiger partial charge in [-0.15, -0.1) is 0 Å². The smallest absolute Gasteiger partial charge is 0.347 e. The van der Waals surface area contributed by atoms with Crippen LogP contribution in [-0.2, 0) is 0 Å². The van der Waals surface area contributed by atoms with Gasteiger partial charge in [0.25, 0.3) is 0 Å². The lowest BCUT2D eigenvalue weighted by atomic mass is 10.2. The molecule has 4 heteroatoms. The summed E-state index contributed by atoms with van der Waals surface area (Å²) in [5.41, 5.74) is 0.784. The molecule has 1 aromatic heterocycles. The minimum atomic E-state index is -0.429. The van der Waals surface area contributed by atoms with Gasteiger partial charge in [0.05, 0.1) is 10.4 Å². The number of rotatable bonds is 1. The summed E-state index contributed by atoms with van der Waals surface area (Å²) in [7, 11) is 0. The Labute approximate surface area is 108 Å². The average molecular weight is 258 g/mol. The van der Waals surface area contributed by atoms with Gasteiger partial charge >= 0.3 is 5.63 Å². The molecule has 1 heterocycles. The van der Waals surface area contributed by atoms with Gasteiger partial charge < -0.3 is 4.42 Å². The van der Waals surface area contributed by atoms with E-state index in [9.17, 15) is 4.79 Å². The van der Waals surface area contributed by atoms with Crippen molar-refractivity contribution < 1.29 is 4.42 Å². The maximum atomic E-state index is 11.9. The van der Waals surface area contributed by atoms with Crippen molar-refractivity contribution in [2.24, 2.45) is 0 Å². The number of aromatic nitrogens is 1. The molecule has 0 N–H and O–H groups in total. The Bertz CT molecular complexity index is 766. The van der Waals surface area contributed by atoms with E-state index in [1.54, 1.807) is 18.2 Å². The molecule has 0 radical (unpaired) electrons. The molecule has 2 aromatic carbocycles. The maximum Gasteiger partial charge on any atom is 0.347 e. The Morgan fingerprint density at radius 2 is 1.78 bits per heavy atom. The zero-order chi connectivity index (χ0) is 12.5. The Hall–Kier alpha value is -2.13. The highest BCUT2D eigenvalue weighted by Gasteiger charge is 2.09. The topological polar surface area (TPSA) is 43.1 Å². The van der Waals surface area contributed by atoms with E-state index >= 15 is 0 Å². The third kappa shape index (κ3) is 1.79. The number of para-hydroxylation sites is 1. The molecule has 3 rings (SSSR count). The first-order chi connectivity index (χ1) is 8.75. The zero-order valence-electron chi connectivity index (χ0n) is 9.26. The molecular formula is C14H8ClNO2. The Morgan fingerprint density at radius 3 is 2.56 bits per heavy atom. The third-order valence-corrected chi connectivity index (χ3v) is 2.94. The third-order valence-electron chi connectivity index (χ3n) is 2.63. The fraction of sp³-hybridized carbons (Fsp3) is 0. The molecule has 88 valence electrons. The molecule has 0 fully saturated rings. The highest BCUT2D eigenvalue weighted by Crippen LogP contribution is 2.22. The minimum Gasteiger partial charge on any atom is -0.403 e. The second-order valence-corrected chi connectivity index (χ2v) is 4.22. The molecule has 0 bridgehead atoms. The van der Waals surface area contributed by atoms with Crippen LogP contribution in [0.1, 0.15) is 0 Å². The standard InChI is InChI=1S/C14H8ClNO2/c15-11-8-4-7-10-12(11)16-13(18-14(10)17)9-5-2-1-3-6-9/h1-8H. The van der Waals surface area contributed by atoms with Crippen LogP contribution in [0, 0.1) is 0 Å². The number of benzene rings is 2. The molecule has 0 aliphatic rings. The van der Waals surface area contributed by atoms with E-state index in [-0.39, 0.29) is 5.89 Å². The molecule has 3 aromatic rings. The molecule has 18 heavy (non-hydrogen) atoms. The average Bonchev–Trinajstić information content (AvgIpc) is 2.41. The molecule has 0 saturated heterocycles. The van der Waals surface area contributed by atoms with Gasteiger partial charge in [-0.25, -0.2) is 9.78 Å². The van der Waals surface area contributed by atoms with Crippen molar-refractivity contribution in [1.29, 1.82) is 0 Å². The summed E-state index contributed by atoms with van der Waals surface area (Å²) in [4.78, 5) is 16.2. The number of hydrogen-bond donors (Lipinski definition) is 0. The van der Waals surface area contributed by atoms with E-state index in [0.29, 0.717) is 15.9 Å². The predicted molar refractivity (Wildman–Crippen MR) is 70.7 cm³/mol. The van der Waals surface area contributed by atoms with Gasteiger partial charge in [0, 0.05) is 5.56 Å². The number of halogens is 1. The molecule has 0 aliphatic carbocycles. The fourth-order valence-corrected chi connectivity index (χ4v) is 1.98. The SMILES string of the molecule is O=c1oc(-c2ccccc2)nc2c(Cl)cccc12. The summed E-state index contributed by atoms with van der Waals surface area (Å²) in [5.74, 6) is 0.279. The van der Waals surface area contributed by atoms with Crippen LogP contribution in [0.4, 0.5) is 0 Å². The number of nitrogens with zero attached hydrogens (tertiary/aromatic N) is 1. The lowest BCUT2D eigenvalue weighted by Gasteiger charge is -2.02. The van der Waals surface area contributed by atoms with E-state index < -0.39 is 5.63 Å². The minimum absolute atomic E-state index is 0.279. The van der Waals surface area contributed by atoms with Gasteiger partial charge in [-0.2, -0.15) is 0 Å². The Balaban J connectivity index is 2.34. The highest BCUT2D eigenvalue weighted by molar-refractivity contribution is 6.35. The second kappa shape index (κ2) is 4.27. The summed E-state index contributed by atoms with van der Waals surface area (Å²) in [6, 6.07) is 14.3. The van der Waals surface area contributed by atoms with Crippen LogP contribution >= 0.6 is 11.6 Å². The zero-order valence-corrected chi connectivity index (χ0v) is 10.0. The Kier molecular flexibility index (Phi) is 2.61. The summed E-state index contributed by atoms with van der Waals surface area (Å²) >= 11 is 6.05. The molecule has 0 atom stereocenters. The van der Waals surface area contributed by atoms with Crippen molar-refractivity contribution in [2.45, 2.75) is 0 Å². The Morgan fingerprint density at radius 1 is 1.00 bits per heavy atom. The van der Waals surface area contributed by atoms with E-state index in [0.717, 1.165) is 5.56 Å². The van der Waals surface area contributed by atoms with Crippen LogP contribution in [0.15, 0.2) is 57.7 Å². The maximum absolute atomic E-state index is 11.9. The van der Waals surface area contributed by atoms with Crippen LogP contribution < -0.4 is 5.63 Å². The lowest BCUT2D eigenvalue weighted by molar-refractivity contribution is 0.518. The normalized spacial score (nSPS) is 10.7. The summed E-state index contributed by atoms with van der Waals surface area (Å²) in [6.45, 7) is 0. The van der Waals surface area contributed by atoms with E-state index in [4.69, 9.17) is 16.0 Å². The van der Waals surface area contributed by atoms with Crippen molar-refractivity contribution in [1.82, 2.24) is 4.98 Å². The largest absolute Gasteiger partial charge is 0.403 e. The first-order valence-electron chi connectivity index (χ1n) is 5.40. The van der Waals surface area contributed by atoms with Gasteiger partial charge in [0.1, 0.15) is 5.52 Å². The fourth-order valence-electron chi connectivity index (χ4n) is 1.77. The first-order valence-corrected chi connectivity index (χ1v) is 5.78. The molecule has 0 spiro atoms. The van der Waals surface area contributed by atoms with Gasteiger partial charge in [0.2, 0.25) is 5.89 Å². The van der Waals surface area contributed by atoms with Crippen LogP contribution in [0.2, 0.25) is 5.02 Å². The number of hydrogen-bond acceptors (Lipinski definition) is 3. The van der Waals surface area contributed by atoms with Gasteiger partial charge in [-0.3, -0.25) is 0 Å². The molecule has 0 amide bonds. The van der Waals surface area contributed by atoms with Gasteiger partial charge in [-0.05, 0) is 24.3 Å². The second-order valence-electron chi connectivity index (χ2n) is 3.81. The summed E-state index contributed by atoms with van der Waals surface area (Å²) in [6.07, 6.45) is 0. The van der Waals surface area contributed by atoms with Crippen LogP contribution in [0.25, 0.3) is 22.4 Å². The van der Waals surface area contributed by atoms with Crippen LogP contribution in [0.5, 0.6) is 0 Å². The van der Waals surface area contributed by atoms with Crippen LogP contribution in [-0.4, -0.2) is 4.98 Å². The van der Waals surface area contributed by atoms with E-state index in [1.807, 2.05) is 30.3 Å². The summed E-state index contributed by atoms with van der Waals surface area (Å²) in [5, 5.41) is 0.833. The molecule has 3 nitrogen and oxygen atoms in total. The molecular weight excluding hydrogens is 250 g/mol. The lowest BCUT2D eigenvalue weighted by Crippen LogP contribution is -2.03. The van der Waals surface area contributed by atoms with Crippen molar-refractivity contribution in [3.05, 3.63) is 64.0 Å². The van der Waals surface area contributed by atoms with Gasteiger partial charge in [-0.1, -0.05) is 35.9 Å². The highest BCUT2D eigenvalue weighted by atomic mass is 35.5. The predicted octanol–water partition coefficient (Wildman–Crippen LogP) is 3.51. The molecule has 0 saturated carbocycles. The van der Waals surface area contributed by atoms with Crippen molar-refractivity contribution in [3.8, 4) is 11.5 Å². The van der Waals surface area contributed by atoms with E-state index in [2.05, 4.69) is 4.98 Å². The van der Waals surface area contributed by atoms with Crippen molar-refractivity contribution in [3.63, 3.8) is 0 Å². The summed E-state index contributed by atoms with van der Waals surface area (Å²) < 4.78 is 5.21. The van der Waals surface area contributed by atoms with Crippen molar-refractivity contribution >= 4 is 22.5 Å². The van der Waals surface area contributed by atoms with Crippen molar-refractivity contribution in [2.75, 3.05) is 0 Å².